The summed E-state index contributed by atoms with van der Waals surface area (Å²) in [6.07, 6.45) is 1.33. The first-order valence-electron chi connectivity index (χ1n) is 11.8. The van der Waals surface area contributed by atoms with E-state index < -0.39 is 51.5 Å². The van der Waals surface area contributed by atoms with Crippen LogP contribution in [0.1, 0.15) is 44.2 Å². The molecule has 3 aromatic rings. The maximum absolute atomic E-state index is 16.3. The Morgan fingerprint density at radius 2 is 1.78 bits per heavy atom. The van der Waals surface area contributed by atoms with Crippen LogP contribution in [0.25, 0.3) is 0 Å². The van der Waals surface area contributed by atoms with Crippen molar-refractivity contribution < 1.29 is 27.4 Å². The van der Waals surface area contributed by atoms with Gasteiger partial charge in [0.15, 0.2) is 5.60 Å². The SMILES string of the molecule is CC(C)(C#N)COc1ccc(C23CC(C(F)(F)[C@@](O)(Cn4cnnn4)c4ccc(F)cc4F)(C2)C3)cc1. The van der Waals surface area contributed by atoms with Crippen molar-refractivity contribution in [3.63, 3.8) is 0 Å². The van der Waals surface area contributed by atoms with Crippen LogP contribution in [-0.4, -0.2) is 37.8 Å². The van der Waals surface area contributed by atoms with Crippen LogP contribution in [0, 0.1) is 33.8 Å². The zero-order valence-corrected chi connectivity index (χ0v) is 20.3. The van der Waals surface area contributed by atoms with Crippen molar-refractivity contribution >= 4 is 0 Å². The van der Waals surface area contributed by atoms with E-state index in [1.165, 1.54) is 0 Å². The molecule has 3 aliphatic carbocycles. The number of ether oxygens (including phenoxy) is 1. The zero-order valence-electron chi connectivity index (χ0n) is 20.3. The Labute approximate surface area is 210 Å². The first-order chi connectivity index (χ1) is 17.4. The summed E-state index contributed by atoms with van der Waals surface area (Å²) in [6.45, 7) is 2.93. The summed E-state index contributed by atoms with van der Waals surface area (Å²) in [6, 6.07) is 11.5. The second kappa shape index (κ2) is 8.25. The maximum atomic E-state index is 16.3. The smallest absolute Gasteiger partial charge is 0.287 e. The Kier molecular flexibility index (Phi) is 5.60. The quantitative estimate of drug-likeness (QED) is 0.421. The van der Waals surface area contributed by atoms with E-state index in [4.69, 9.17) is 10.00 Å². The van der Waals surface area contributed by atoms with Crippen molar-refractivity contribution in [2.24, 2.45) is 10.8 Å². The highest BCUT2D eigenvalue weighted by Gasteiger charge is 2.82. The summed E-state index contributed by atoms with van der Waals surface area (Å²) < 4.78 is 67.4. The van der Waals surface area contributed by atoms with Crippen LogP contribution in [0.15, 0.2) is 48.8 Å². The fourth-order valence-electron chi connectivity index (χ4n) is 5.73. The number of alkyl halides is 2. The van der Waals surface area contributed by atoms with Gasteiger partial charge in [-0.05, 0) is 78.8 Å². The van der Waals surface area contributed by atoms with Gasteiger partial charge in [-0.1, -0.05) is 12.1 Å². The molecule has 3 saturated carbocycles. The number of nitriles is 1. The lowest BCUT2D eigenvalue weighted by molar-refractivity contribution is -0.347. The fraction of sp³-hybridized carbons (Fsp3) is 0.462. The van der Waals surface area contributed by atoms with Gasteiger partial charge in [0.1, 0.15) is 30.3 Å². The highest BCUT2D eigenvalue weighted by molar-refractivity contribution is 5.44. The third kappa shape index (κ3) is 3.85. The third-order valence-corrected chi connectivity index (χ3v) is 7.74. The topological polar surface area (TPSA) is 96.8 Å². The van der Waals surface area contributed by atoms with E-state index >= 15 is 8.78 Å². The number of benzene rings is 2. The molecule has 6 rings (SSSR count). The van der Waals surface area contributed by atoms with Crippen LogP contribution in [0.2, 0.25) is 0 Å². The molecule has 7 nitrogen and oxygen atoms in total. The van der Waals surface area contributed by atoms with Crippen molar-refractivity contribution in [2.75, 3.05) is 6.61 Å². The molecule has 2 aromatic carbocycles. The van der Waals surface area contributed by atoms with Gasteiger partial charge in [-0.25, -0.2) is 22.2 Å². The predicted octanol–water partition coefficient (Wildman–Crippen LogP) is 4.52. The Hall–Kier alpha value is -3.52. The number of halogens is 4. The second-order valence-electron chi connectivity index (χ2n) is 11.0. The van der Waals surface area contributed by atoms with Crippen LogP contribution < -0.4 is 4.74 Å². The molecule has 2 bridgehead atoms. The molecule has 11 heteroatoms. The number of hydrogen-bond acceptors (Lipinski definition) is 6. The molecular weight excluding hydrogens is 490 g/mol. The van der Waals surface area contributed by atoms with Gasteiger partial charge in [0, 0.05) is 17.0 Å². The van der Waals surface area contributed by atoms with Crippen molar-refractivity contribution in [1.29, 1.82) is 5.26 Å². The minimum Gasteiger partial charge on any atom is -0.492 e. The first-order valence-corrected chi connectivity index (χ1v) is 11.8. The summed E-state index contributed by atoms with van der Waals surface area (Å²) >= 11 is 0. The van der Waals surface area contributed by atoms with E-state index in [2.05, 4.69) is 21.6 Å². The highest BCUT2D eigenvalue weighted by Crippen LogP contribution is 2.80. The predicted molar refractivity (Wildman–Crippen MR) is 122 cm³/mol. The van der Waals surface area contributed by atoms with E-state index in [-0.39, 0.29) is 25.9 Å². The number of aliphatic hydroxyl groups is 1. The summed E-state index contributed by atoms with van der Waals surface area (Å²) in [5, 5.41) is 31.0. The standard InChI is InChI=1S/C26H25F4N5O2/c1-22(2,13-31)15-37-19-6-3-17(4-7-19)23-10-24(11-23,12-23)26(29,30)25(36,14-35-16-32-33-34-35)20-8-5-18(27)9-21(20)28/h3-9,16,36H,10-12,14-15H2,1-2H3/t23?,24?,25-/m1/s1. The molecule has 1 aromatic heterocycles. The van der Waals surface area contributed by atoms with Gasteiger partial charge >= 0.3 is 0 Å². The van der Waals surface area contributed by atoms with E-state index in [9.17, 15) is 13.9 Å². The molecule has 0 unspecified atom stereocenters. The van der Waals surface area contributed by atoms with Gasteiger partial charge in [-0.3, -0.25) is 0 Å². The molecule has 3 fully saturated rings. The van der Waals surface area contributed by atoms with E-state index in [0.29, 0.717) is 11.8 Å². The summed E-state index contributed by atoms with van der Waals surface area (Å²) in [7, 11) is 0. The van der Waals surface area contributed by atoms with Crippen molar-refractivity contribution in [3.8, 4) is 11.8 Å². The number of rotatable bonds is 9. The fourth-order valence-corrected chi connectivity index (χ4v) is 5.73. The van der Waals surface area contributed by atoms with Gasteiger partial charge in [0.2, 0.25) is 0 Å². The maximum Gasteiger partial charge on any atom is 0.287 e. The van der Waals surface area contributed by atoms with Crippen molar-refractivity contribution in [2.45, 2.75) is 56.6 Å². The molecule has 0 spiro atoms. The lowest BCUT2D eigenvalue weighted by atomic mass is 9.30. The molecular formula is C26H25F4N5O2. The number of nitrogens with zero attached hydrogens (tertiary/aromatic N) is 5. The van der Waals surface area contributed by atoms with Crippen molar-refractivity contribution in [3.05, 3.63) is 71.6 Å². The largest absolute Gasteiger partial charge is 0.492 e. The number of hydrogen-bond donors (Lipinski definition) is 1. The Balaban J connectivity index is 1.38. The van der Waals surface area contributed by atoms with Gasteiger partial charge < -0.3 is 9.84 Å². The van der Waals surface area contributed by atoms with Gasteiger partial charge in [0.05, 0.1) is 18.0 Å². The number of aromatic nitrogens is 4. The molecule has 0 radical (unpaired) electrons. The van der Waals surface area contributed by atoms with Crippen molar-refractivity contribution in [1.82, 2.24) is 20.2 Å². The van der Waals surface area contributed by atoms with E-state index in [1.54, 1.807) is 26.0 Å². The lowest BCUT2D eigenvalue weighted by Gasteiger charge is -2.74. The van der Waals surface area contributed by atoms with Gasteiger partial charge in [-0.2, -0.15) is 5.26 Å². The molecule has 3 aliphatic rings. The van der Waals surface area contributed by atoms with Crippen LogP contribution in [-0.2, 0) is 17.6 Å². The molecule has 0 amide bonds. The molecule has 0 saturated heterocycles. The average molecular weight is 516 g/mol. The average Bonchev–Trinajstić information content (AvgIpc) is 3.29. The second-order valence-corrected chi connectivity index (χ2v) is 11.0. The Bertz CT molecular complexity index is 1330. The van der Waals surface area contributed by atoms with Gasteiger partial charge in [0.25, 0.3) is 5.92 Å². The number of tetrazole rings is 1. The molecule has 1 N–H and O–H groups in total. The van der Waals surface area contributed by atoms with E-state index in [1.807, 2.05) is 12.1 Å². The molecule has 0 aliphatic heterocycles. The highest BCUT2D eigenvalue weighted by atomic mass is 19.3. The minimum absolute atomic E-state index is 0.0927. The Morgan fingerprint density at radius 3 is 2.35 bits per heavy atom. The van der Waals surface area contributed by atoms with Crippen LogP contribution >= 0.6 is 0 Å². The van der Waals surface area contributed by atoms with Crippen LogP contribution in [0.4, 0.5) is 17.6 Å². The zero-order chi connectivity index (χ0) is 26.7. The molecule has 194 valence electrons. The lowest BCUT2D eigenvalue weighted by Crippen LogP contribution is -2.76. The summed E-state index contributed by atoms with van der Waals surface area (Å²) in [5.74, 6) is -5.42. The molecule has 1 heterocycles. The van der Waals surface area contributed by atoms with Crippen LogP contribution in [0.5, 0.6) is 5.75 Å². The Morgan fingerprint density at radius 1 is 1.11 bits per heavy atom. The summed E-state index contributed by atoms with van der Waals surface area (Å²) in [5.41, 5.74) is -5.55. The molecule has 1 atom stereocenters. The normalized spacial score (nSPS) is 24.4. The molecule has 37 heavy (non-hydrogen) atoms. The third-order valence-electron chi connectivity index (χ3n) is 7.74. The minimum atomic E-state index is -3.78. The monoisotopic (exact) mass is 515 g/mol. The van der Waals surface area contributed by atoms with Crippen LogP contribution in [0.3, 0.4) is 0 Å². The van der Waals surface area contributed by atoms with E-state index in [0.717, 1.165) is 28.7 Å². The van der Waals surface area contributed by atoms with Gasteiger partial charge in [-0.15, -0.1) is 5.10 Å². The summed E-state index contributed by atoms with van der Waals surface area (Å²) in [4.78, 5) is 0. The first kappa shape index (κ1) is 25.1.